The van der Waals surface area contributed by atoms with Crippen LogP contribution in [-0.2, 0) is 9.53 Å². The zero-order chi connectivity index (χ0) is 17.9. The van der Waals surface area contributed by atoms with Crippen molar-refractivity contribution in [2.24, 2.45) is 0 Å². The summed E-state index contributed by atoms with van der Waals surface area (Å²) in [6.45, 7) is 3.29. The van der Waals surface area contributed by atoms with Crippen molar-refractivity contribution >= 4 is 22.8 Å². The molecule has 0 aliphatic heterocycles. The van der Waals surface area contributed by atoms with Crippen LogP contribution < -0.4 is 0 Å². The summed E-state index contributed by atoms with van der Waals surface area (Å²) >= 11 is 0. The average Bonchev–Trinajstić information content (AvgIpc) is 2.90. The number of fused-ring (bicyclic) bond motifs is 1. The van der Waals surface area contributed by atoms with Crippen LogP contribution in [0.25, 0.3) is 11.0 Å². The van der Waals surface area contributed by atoms with Gasteiger partial charge >= 0.3 is 5.97 Å². The number of nitrogens with zero attached hydrogens (tertiary/aromatic N) is 2. The first-order valence-electron chi connectivity index (χ1n) is 7.37. The maximum atomic E-state index is 13.7. The number of amides is 1. The van der Waals surface area contributed by atoms with Gasteiger partial charge in [-0.05, 0) is 19.9 Å². The van der Waals surface area contributed by atoms with Gasteiger partial charge in [-0.15, -0.1) is 0 Å². The minimum absolute atomic E-state index is 0.0212. The number of likely N-dealkylation sites (N-methyl/N-ethyl adjacent to an activating group) is 1. The molecule has 2 aromatic rings. The summed E-state index contributed by atoms with van der Waals surface area (Å²) in [5.41, 5.74) is 0.430. The SMILES string of the molecule is Cc1c(C(=O)O[C@@H](C)C(=O)N(C)CCC#N)oc2c(F)cccc12. The fourth-order valence-electron chi connectivity index (χ4n) is 2.31. The van der Waals surface area contributed by atoms with Gasteiger partial charge in [0.2, 0.25) is 5.76 Å². The lowest BCUT2D eigenvalue weighted by molar-refractivity contribution is -0.138. The molecule has 6 nitrogen and oxygen atoms in total. The Bertz CT molecular complexity index is 822. The molecule has 0 N–H and O–H groups in total. The van der Waals surface area contributed by atoms with Crippen LogP contribution in [0.15, 0.2) is 22.6 Å². The normalized spacial score (nSPS) is 11.8. The molecule has 1 aromatic carbocycles. The molecule has 0 fully saturated rings. The number of hydrogen-bond donors (Lipinski definition) is 0. The molecule has 0 unspecified atom stereocenters. The Labute approximate surface area is 138 Å². The summed E-state index contributed by atoms with van der Waals surface area (Å²) in [6.07, 6.45) is -0.858. The maximum Gasteiger partial charge on any atom is 0.375 e. The van der Waals surface area contributed by atoms with Crippen LogP contribution in [0.2, 0.25) is 0 Å². The van der Waals surface area contributed by atoms with E-state index >= 15 is 0 Å². The molecule has 126 valence electrons. The van der Waals surface area contributed by atoms with Gasteiger partial charge in [-0.1, -0.05) is 12.1 Å². The Hall–Kier alpha value is -2.88. The molecule has 1 amide bonds. The number of hydrogen-bond acceptors (Lipinski definition) is 5. The van der Waals surface area contributed by atoms with Gasteiger partial charge in [-0.25, -0.2) is 9.18 Å². The average molecular weight is 332 g/mol. The number of rotatable bonds is 5. The minimum Gasteiger partial charge on any atom is -0.447 e. The lowest BCUT2D eigenvalue weighted by Gasteiger charge is -2.20. The Balaban J connectivity index is 2.15. The summed E-state index contributed by atoms with van der Waals surface area (Å²) in [5.74, 6) is -1.97. The largest absolute Gasteiger partial charge is 0.447 e. The molecule has 0 aliphatic carbocycles. The second-order valence-electron chi connectivity index (χ2n) is 5.39. The quantitative estimate of drug-likeness (QED) is 0.786. The van der Waals surface area contributed by atoms with Crippen molar-refractivity contribution in [3.05, 3.63) is 35.3 Å². The molecule has 0 spiro atoms. The van der Waals surface area contributed by atoms with Crippen LogP contribution in [0.5, 0.6) is 0 Å². The summed E-state index contributed by atoms with van der Waals surface area (Å²) in [7, 11) is 1.52. The summed E-state index contributed by atoms with van der Waals surface area (Å²) < 4.78 is 24.1. The van der Waals surface area contributed by atoms with Crippen LogP contribution >= 0.6 is 0 Å². The molecular weight excluding hydrogens is 315 g/mol. The number of benzene rings is 1. The van der Waals surface area contributed by atoms with Crippen molar-refractivity contribution in [2.45, 2.75) is 26.4 Å². The molecule has 1 heterocycles. The summed E-state index contributed by atoms with van der Waals surface area (Å²) in [6, 6.07) is 6.32. The number of aryl methyl sites for hydroxylation is 1. The van der Waals surface area contributed by atoms with Gasteiger partial charge in [0.15, 0.2) is 17.5 Å². The van der Waals surface area contributed by atoms with Crippen LogP contribution in [0, 0.1) is 24.1 Å². The van der Waals surface area contributed by atoms with Gasteiger partial charge in [0, 0.05) is 24.5 Å². The lowest BCUT2D eigenvalue weighted by atomic mass is 10.1. The van der Waals surface area contributed by atoms with E-state index in [4.69, 9.17) is 14.4 Å². The first-order chi connectivity index (χ1) is 11.4. The monoisotopic (exact) mass is 332 g/mol. The van der Waals surface area contributed by atoms with Crippen molar-refractivity contribution in [1.82, 2.24) is 4.90 Å². The molecule has 0 aliphatic rings. The van der Waals surface area contributed by atoms with E-state index in [1.807, 2.05) is 6.07 Å². The zero-order valence-electron chi connectivity index (χ0n) is 13.6. The van der Waals surface area contributed by atoms with Crippen LogP contribution in [0.4, 0.5) is 4.39 Å². The smallest absolute Gasteiger partial charge is 0.375 e. The molecule has 0 saturated carbocycles. The van der Waals surface area contributed by atoms with Gasteiger partial charge < -0.3 is 14.1 Å². The molecule has 0 radical (unpaired) electrons. The topological polar surface area (TPSA) is 83.5 Å². The molecule has 1 atom stereocenters. The maximum absolute atomic E-state index is 13.7. The molecule has 0 bridgehead atoms. The Morgan fingerprint density at radius 1 is 1.46 bits per heavy atom. The number of carbonyl (C=O) groups excluding carboxylic acids is 2. The van der Waals surface area contributed by atoms with E-state index in [2.05, 4.69) is 0 Å². The number of nitriles is 1. The minimum atomic E-state index is -1.04. The van der Waals surface area contributed by atoms with Crippen molar-refractivity contribution in [3.63, 3.8) is 0 Å². The van der Waals surface area contributed by atoms with Crippen molar-refractivity contribution in [1.29, 1.82) is 5.26 Å². The molecule has 24 heavy (non-hydrogen) atoms. The first-order valence-corrected chi connectivity index (χ1v) is 7.37. The molecule has 7 heteroatoms. The highest BCUT2D eigenvalue weighted by Gasteiger charge is 2.26. The summed E-state index contributed by atoms with van der Waals surface area (Å²) in [4.78, 5) is 25.6. The standard InChI is InChI=1S/C17H17FN2O4/c1-10-12-6-4-7-13(18)15(12)24-14(10)17(22)23-11(2)16(21)20(3)9-5-8-19/h4,6-7,11H,5,9H2,1-3H3/t11-/m0/s1. The number of halogens is 1. The van der Waals surface area contributed by atoms with Gasteiger partial charge in [0.05, 0.1) is 12.5 Å². The predicted molar refractivity (Wildman–Crippen MR) is 83.7 cm³/mol. The molecular formula is C17H17FN2O4. The van der Waals surface area contributed by atoms with E-state index in [0.717, 1.165) is 0 Å². The third kappa shape index (κ3) is 3.38. The van der Waals surface area contributed by atoms with Gasteiger partial charge in [0.25, 0.3) is 5.91 Å². The van der Waals surface area contributed by atoms with Crippen molar-refractivity contribution in [2.75, 3.05) is 13.6 Å². The van der Waals surface area contributed by atoms with E-state index < -0.39 is 23.8 Å². The number of para-hydroxylation sites is 1. The number of ether oxygens (including phenoxy) is 1. The third-order valence-corrected chi connectivity index (χ3v) is 3.67. The van der Waals surface area contributed by atoms with E-state index in [-0.39, 0.29) is 24.3 Å². The zero-order valence-corrected chi connectivity index (χ0v) is 13.6. The van der Waals surface area contributed by atoms with Crippen molar-refractivity contribution in [3.8, 4) is 6.07 Å². The van der Waals surface area contributed by atoms with Crippen molar-refractivity contribution < 1.29 is 23.1 Å². The van der Waals surface area contributed by atoms with Crippen LogP contribution in [0.3, 0.4) is 0 Å². The Morgan fingerprint density at radius 3 is 2.79 bits per heavy atom. The van der Waals surface area contributed by atoms with E-state index in [0.29, 0.717) is 10.9 Å². The fourth-order valence-corrected chi connectivity index (χ4v) is 2.31. The van der Waals surface area contributed by atoms with E-state index in [9.17, 15) is 14.0 Å². The fraction of sp³-hybridized carbons (Fsp3) is 0.353. The van der Waals surface area contributed by atoms with E-state index in [1.54, 1.807) is 13.0 Å². The van der Waals surface area contributed by atoms with Crippen LogP contribution in [-0.4, -0.2) is 36.5 Å². The highest BCUT2D eigenvalue weighted by Crippen LogP contribution is 2.28. The van der Waals surface area contributed by atoms with Gasteiger partial charge in [-0.3, -0.25) is 4.79 Å². The number of carbonyl (C=O) groups is 2. The molecule has 1 aromatic heterocycles. The lowest BCUT2D eigenvalue weighted by Crippen LogP contribution is -2.37. The number of furan rings is 1. The summed E-state index contributed by atoms with van der Waals surface area (Å²) in [5, 5.41) is 9.01. The first kappa shape index (κ1) is 17.5. The highest BCUT2D eigenvalue weighted by molar-refractivity contribution is 5.97. The highest BCUT2D eigenvalue weighted by atomic mass is 19.1. The van der Waals surface area contributed by atoms with Gasteiger partial charge in [0.1, 0.15) is 0 Å². The second kappa shape index (κ2) is 7.13. The van der Waals surface area contributed by atoms with Crippen LogP contribution in [0.1, 0.15) is 29.5 Å². The molecule has 0 saturated heterocycles. The Kier molecular flexibility index (Phi) is 5.19. The number of esters is 1. The second-order valence-corrected chi connectivity index (χ2v) is 5.39. The van der Waals surface area contributed by atoms with Gasteiger partial charge in [-0.2, -0.15) is 5.26 Å². The Morgan fingerprint density at radius 2 is 2.17 bits per heavy atom. The molecule has 2 rings (SSSR count). The van der Waals surface area contributed by atoms with E-state index in [1.165, 1.54) is 31.0 Å². The predicted octanol–water partition coefficient (Wildman–Crippen LogP) is 2.80. The third-order valence-electron chi connectivity index (χ3n) is 3.67.